The quantitative estimate of drug-likeness (QED) is 0.660. The molecule has 23 heavy (non-hydrogen) atoms. The number of fused-ring (bicyclic) bond motifs is 1. The normalized spacial score (nSPS) is 15.3. The standard InChI is InChI=1S/C17H13F3N2O/c1-9-2-4-10(5-3-9)13-8-12(17(18,19)20)14-15(11-6-7-11)22-23-16(14)21-13/h2-5,8,11H,6-7H2,1H3. The minimum atomic E-state index is -4.48. The van der Waals surface area contributed by atoms with E-state index in [0.717, 1.165) is 24.5 Å². The van der Waals surface area contributed by atoms with Crippen molar-refractivity contribution in [2.75, 3.05) is 0 Å². The first-order chi connectivity index (χ1) is 10.9. The molecule has 0 bridgehead atoms. The van der Waals surface area contributed by atoms with Crippen LogP contribution in [0.1, 0.15) is 35.6 Å². The fraction of sp³-hybridized carbons (Fsp3) is 0.294. The van der Waals surface area contributed by atoms with Crippen LogP contribution in [0, 0.1) is 6.92 Å². The maximum atomic E-state index is 13.5. The third-order valence-corrected chi connectivity index (χ3v) is 4.09. The van der Waals surface area contributed by atoms with Crippen LogP contribution in [0.15, 0.2) is 34.9 Å². The molecular weight excluding hydrogens is 305 g/mol. The first kappa shape index (κ1) is 14.2. The second kappa shape index (κ2) is 4.81. The summed E-state index contributed by atoms with van der Waals surface area (Å²) in [5, 5.41) is 3.85. The summed E-state index contributed by atoms with van der Waals surface area (Å²) in [7, 11) is 0. The van der Waals surface area contributed by atoms with Crippen LogP contribution in [-0.4, -0.2) is 10.1 Å². The lowest BCUT2D eigenvalue weighted by Gasteiger charge is -2.10. The van der Waals surface area contributed by atoms with Crippen molar-refractivity contribution in [2.45, 2.75) is 31.9 Å². The molecule has 6 heteroatoms. The molecule has 0 unspecified atom stereocenters. The largest absolute Gasteiger partial charge is 0.417 e. The van der Waals surface area contributed by atoms with Crippen molar-refractivity contribution in [1.29, 1.82) is 0 Å². The number of aryl methyl sites for hydroxylation is 1. The molecule has 1 fully saturated rings. The molecule has 0 N–H and O–H groups in total. The van der Waals surface area contributed by atoms with E-state index in [0.29, 0.717) is 11.3 Å². The van der Waals surface area contributed by atoms with Gasteiger partial charge in [0.25, 0.3) is 5.71 Å². The van der Waals surface area contributed by atoms with Crippen LogP contribution in [0.2, 0.25) is 0 Å². The van der Waals surface area contributed by atoms with Crippen LogP contribution in [-0.2, 0) is 6.18 Å². The predicted molar refractivity (Wildman–Crippen MR) is 79.0 cm³/mol. The lowest BCUT2D eigenvalue weighted by Crippen LogP contribution is -2.07. The Morgan fingerprint density at radius 3 is 2.43 bits per heavy atom. The average Bonchev–Trinajstić information content (AvgIpc) is 3.25. The molecule has 0 aliphatic heterocycles. The molecule has 0 spiro atoms. The second-order valence-corrected chi connectivity index (χ2v) is 5.94. The number of hydrogen-bond donors (Lipinski definition) is 0. The first-order valence-corrected chi connectivity index (χ1v) is 7.38. The van der Waals surface area contributed by atoms with Gasteiger partial charge in [0.1, 0.15) is 0 Å². The van der Waals surface area contributed by atoms with Gasteiger partial charge in [0.05, 0.1) is 22.3 Å². The number of alkyl halides is 3. The fourth-order valence-corrected chi connectivity index (χ4v) is 2.70. The van der Waals surface area contributed by atoms with E-state index in [2.05, 4.69) is 10.1 Å². The summed E-state index contributed by atoms with van der Waals surface area (Å²) in [5.41, 5.74) is 1.51. The first-order valence-electron chi connectivity index (χ1n) is 7.38. The van der Waals surface area contributed by atoms with E-state index in [1.165, 1.54) is 0 Å². The lowest BCUT2D eigenvalue weighted by molar-refractivity contribution is -0.136. The number of halogens is 3. The summed E-state index contributed by atoms with van der Waals surface area (Å²) in [6, 6.07) is 8.27. The number of aromatic nitrogens is 2. The monoisotopic (exact) mass is 318 g/mol. The van der Waals surface area contributed by atoms with Gasteiger partial charge in [-0.05, 0) is 25.8 Å². The summed E-state index contributed by atoms with van der Waals surface area (Å²) in [4.78, 5) is 4.25. The van der Waals surface area contributed by atoms with Crippen molar-refractivity contribution >= 4 is 11.1 Å². The summed E-state index contributed by atoms with van der Waals surface area (Å²) >= 11 is 0. The van der Waals surface area contributed by atoms with Gasteiger partial charge in [-0.3, -0.25) is 0 Å². The average molecular weight is 318 g/mol. The van der Waals surface area contributed by atoms with Gasteiger partial charge >= 0.3 is 6.18 Å². The molecule has 4 rings (SSSR count). The van der Waals surface area contributed by atoms with Crippen molar-refractivity contribution in [3.8, 4) is 11.3 Å². The molecule has 0 atom stereocenters. The van der Waals surface area contributed by atoms with Crippen molar-refractivity contribution in [3.05, 3.63) is 47.2 Å². The lowest BCUT2D eigenvalue weighted by atomic mass is 10.0. The van der Waals surface area contributed by atoms with Crippen molar-refractivity contribution in [2.24, 2.45) is 0 Å². The van der Waals surface area contributed by atoms with Gasteiger partial charge in [-0.25, -0.2) is 4.98 Å². The van der Waals surface area contributed by atoms with Crippen molar-refractivity contribution < 1.29 is 17.7 Å². The molecule has 1 saturated carbocycles. The van der Waals surface area contributed by atoms with E-state index in [4.69, 9.17) is 4.52 Å². The Kier molecular flexibility index (Phi) is 2.98. The topological polar surface area (TPSA) is 38.9 Å². The van der Waals surface area contributed by atoms with Crippen LogP contribution in [0.3, 0.4) is 0 Å². The maximum Gasteiger partial charge on any atom is 0.417 e. The number of hydrogen-bond acceptors (Lipinski definition) is 3. The zero-order chi connectivity index (χ0) is 16.2. The number of pyridine rings is 1. The van der Waals surface area contributed by atoms with Crippen molar-refractivity contribution in [1.82, 2.24) is 10.1 Å². The number of rotatable bonds is 2. The number of benzene rings is 1. The molecule has 0 radical (unpaired) electrons. The van der Waals surface area contributed by atoms with E-state index in [-0.39, 0.29) is 22.7 Å². The Hall–Kier alpha value is -2.37. The van der Waals surface area contributed by atoms with Crippen LogP contribution in [0.5, 0.6) is 0 Å². The predicted octanol–water partition coefficient (Wildman–Crippen LogP) is 5.09. The zero-order valence-corrected chi connectivity index (χ0v) is 12.3. The third-order valence-electron chi connectivity index (χ3n) is 4.09. The highest BCUT2D eigenvalue weighted by Gasteiger charge is 2.39. The van der Waals surface area contributed by atoms with E-state index < -0.39 is 11.7 Å². The zero-order valence-electron chi connectivity index (χ0n) is 12.3. The van der Waals surface area contributed by atoms with E-state index in [1.54, 1.807) is 12.1 Å². The Morgan fingerprint density at radius 1 is 1.13 bits per heavy atom. The molecule has 3 nitrogen and oxygen atoms in total. The summed E-state index contributed by atoms with van der Waals surface area (Å²) in [6.07, 6.45) is -2.78. The highest BCUT2D eigenvalue weighted by atomic mass is 19.4. The summed E-state index contributed by atoms with van der Waals surface area (Å²) < 4.78 is 45.7. The molecule has 1 aliphatic rings. The Labute approximate surface area is 130 Å². The van der Waals surface area contributed by atoms with Crippen molar-refractivity contribution in [3.63, 3.8) is 0 Å². The highest BCUT2D eigenvalue weighted by molar-refractivity contribution is 5.84. The minimum absolute atomic E-state index is 0.0101. The number of nitrogens with zero attached hydrogens (tertiary/aromatic N) is 2. The van der Waals surface area contributed by atoms with Gasteiger partial charge in [-0.15, -0.1) is 0 Å². The molecule has 1 aromatic carbocycles. The molecule has 118 valence electrons. The molecular formula is C17H13F3N2O. The minimum Gasteiger partial charge on any atom is -0.335 e. The Morgan fingerprint density at radius 2 is 1.83 bits per heavy atom. The Balaban J connectivity index is 1.96. The van der Waals surface area contributed by atoms with Gasteiger partial charge in [0, 0.05) is 11.5 Å². The van der Waals surface area contributed by atoms with Crippen LogP contribution in [0.25, 0.3) is 22.4 Å². The van der Waals surface area contributed by atoms with Gasteiger partial charge in [-0.1, -0.05) is 35.0 Å². The Bertz CT molecular complexity index is 877. The second-order valence-electron chi connectivity index (χ2n) is 5.94. The summed E-state index contributed by atoms with van der Waals surface area (Å²) in [5.74, 6) is 0.0596. The SMILES string of the molecule is Cc1ccc(-c2cc(C(F)(F)F)c3c(C4CC4)noc3n2)cc1. The van der Waals surface area contributed by atoms with Crippen LogP contribution < -0.4 is 0 Å². The van der Waals surface area contributed by atoms with E-state index in [1.807, 2.05) is 19.1 Å². The smallest absolute Gasteiger partial charge is 0.335 e. The van der Waals surface area contributed by atoms with E-state index >= 15 is 0 Å². The molecule has 2 aromatic heterocycles. The van der Waals surface area contributed by atoms with Gasteiger partial charge < -0.3 is 4.52 Å². The molecule has 1 aliphatic carbocycles. The third kappa shape index (κ3) is 2.48. The molecule has 3 aromatic rings. The van der Waals surface area contributed by atoms with Gasteiger partial charge in [-0.2, -0.15) is 13.2 Å². The van der Waals surface area contributed by atoms with Crippen LogP contribution >= 0.6 is 0 Å². The van der Waals surface area contributed by atoms with E-state index in [9.17, 15) is 13.2 Å². The molecule has 0 saturated heterocycles. The summed E-state index contributed by atoms with van der Waals surface area (Å²) in [6.45, 7) is 1.92. The fourth-order valence-electron chi connectivity index (χ4n) is 2.70. The molecule has 2 heterocycles. The molecule has 0 amide bonds. The maximum absolute atomic E-state index is 13.5. The highest BCUT2D eigenvalue weighted by Crippen LogP contribution is 2.46. The van der Waals surface area contributed by atoms with Crippen LogP contribution in [0.4, 0.5) is 13.2 Å². The van der Waals surface area contributed by atoms with Gasteiger partial charge in [0.15, 0.2) is 0 Å². The van der Waals surface area contributed by atoms with Gasteiger partial charge in [0.2, 0.25) is 0 Å².